The van der Waals surface area contributed by atoms with Gasteiger partial charge >= 0.3 is 0 Å². The van der Waals surface area contributed by atoms with E-state index >= 15 is 0 Å². The molecule has 0 aliphatic heterocycles. The van der Waals surface area contributed by atoms with E-state index in [1.807, 2.05) is 0 Å². The van der Waals surface area contributed by atoms with Crippen LogP contribution >= 0.6 is 15.8 Å². The molecule has 0 spiro atoms. The van der Waals surface area contributed by atoms with Crippen molar-refractivity contribution in [2.24, 2.45) is 0 Å². The first kappa shape index (κ1) is 33.1. The van der Waals surface area contributed by atoms with Crippen LogP contribution in [0.3, 0.4) is 0 Å². The quantitative estimate of drug-likeness (QED) is 0.150. The van der Waals surface area contributed by atoms with Crippen molar-refractivity contribution < 1.29 is 40.2 Å². The molecule has 2 N–H and O–H groups in total. The van der Waals surface area contributed by atoms with Gasteiger partial charge in [0.25, 0.3) is 0 Å². The van der Waals surface area contributed by atoms with Crippen molar-refractivity contribution in [2.75, 3.05) is 6.16 Å². The van der Waals surface area contributed by atoms with E-state index in [4.69, 9.17) is 19.8 Å². The monoisotopic (exact) mass is 635 g/mol. The molecule has 7 heteroatoms. The average Bonchev–Trinajstić information content (AvgIpc) is 2.90. The van der Waals surface area contributed by atoms with Crippen molar-refractivity contribution in [3.05, 3.63) is 141 Å². The second-order valence-electron chi connectivity index (χ2n) is 7.62. The Morgan fingerprint density at radius 1 is 0.579 bits per heavy atom. The Kier molecular flexibility index (Phi) is 16.7. The van der Waals surface area contributed by atoms with Crippen LogP contribution in [0, 0.1) is 20.0 Å². The molecule has 0 aliphatic carbocycles. The van der Waals surface area contributed by atoms with Crippen LogP contribution in [0.25, 0.3) is 0 Å². The second-order valence-corrected chi connectivity index (χ2v) is 12.1. The molecule has 202 valence electrons. The van der Waals surface area contributed by atoms with E-state index in [2.05, 4.69) is 141 Å². The van der Waals surface area contributed by atoms with Crippen molar-refractivity contribution in [1.82, 2.24) is 0 Å². The Bertz CT molecular complexity index is 996. The number of aliphatic carboxylic acids is 2. The summed E-state index contributed by atoms with van der Waals surface area (Å²) >= 11 is 0. The van der Waals surface area contributed by atoms with Gasteiger partial charge in [-0.15, -0.1) is 0 Å². The van der Waals surface area contributed by atoms with Crippen LogP contribution < -0.4 is 21.2 Å². The van der Waals surface area contributed by atoms with Crippen LogP contribution in [0.1, 0.15) is 6.42 Å². The molecule has 0 aromatic heterocycles. The largest absolute Gasteiger partial charge is 0.503 e. The normalized spacial score (nSPS) is 9.74. The van der Waals surface area contributed by atoms with Gasteiger partial charge in [-0.3, -0.25) is 29.6 Å². The van der Waals surface area contributed by atoms with Crippen molar-refractivity contribution in [2.45, 2.75) is 6.42 Å². The summed E-state index contributed by atoms with van der Waals surface area (Å²) in [6.45, 7) is 5.11. The Labute approximate surface area is 242 Å². The molecule has 0 aliphatic rings. The zero-order chi connectivity index (χ0) is 26.9. The first-order valence-corrected chi connectivity index (χ1v) is 14.5. The molecule has 4 nitrogen and oxygen atoms in total. The third-order valence-corrected chi connectivity index (χ3v) is 9.75. The minimum Gasteiger partial charge on any atom is -0.503 e. The fourth-order valence-electron chi connectivity index (χ4n) is 3.48. The summed E-state index contributed by atoms with van der Waals surface area (Å²) in [5, 5.41) is 20.4. The van der Waals surface area contributed by atoms with Gasteiger partial charge in [0.05, 0.1) is 0 Å². The summed E-state index contributed by atoms with van der Waals surface area (Å²) in [6.07, 6.45) is 4.87. The summed E-state index contributed by atoms with van der Waals surface area (Å²) in [6, 6.07) is 43.9. The predicted molar refractivity (Wildman–Crippen MR) is 158 cm³/mol. The molecule has 0 amide bonds. The van der Waals surface area contributed by atoms with Crippen LogP contribution in [0.2, 0.25) is 0 Å². The first-order chi connectivity index (χ1) is 17.9. The van der Waals surface area contributed by atoms with Gasteiger partial charge < -0.3 is 10.2 Å². The fraction of sp³-hybridized carbons (Fsp3) is 0.0645. The van der Waals surface area contributed by atoms with Crippen LogP contribution in [0.4, 0.5) is 0 Å². The molecule has 0 saturated carbocycles. The SMILES string of the molecule is [CH2-]C(=O)O.[CH2-]C(=O)O.[Pd].c1ccc(P([CH-]CCP(c2ccccc2)c2ccccc2)c2ccccc2)cc1. The van der Waals surface area contributed by atoms with E-state index in [1.165, 1.54) is 27.4 Å². The molecule has 0 unspecified atom stereocenters. The molecular formula is C31H31O4P2Pd-3. The van der Waals surface area contributed by atoms with E-state index < -0.39 is 19.9 Å². The predicted octanol–water partition coefficient (Wildman–Crippen LogP) is 5.61. The molecule has 4 rings (SSSR count). The number of carboxylic acid groups (broad SMARTS) is 2. The van der Waals surface area contributed by atoms with Crippen LogP contribution in [0.5, 0.6) is 0 Å². The third-order valence-electron chi connectivity index (χ3n) is 4.87. The molecule has 0 radical (unpaired) electrons. The number of rotatable bonds is 8. The Morgan fingerprint density at radius 3 is 1.13 bits per heavy atom. The molecule has 0 atom stereocenters. The fourth-order valence-corrected chi connectivity index (χ4v) is 8.04. The van der Waals surface area contributed by atoms with Gasteiger partial charge in [-0.25, -0.2) is 7.92 Å². The summed E-state index contributed by atoms with van der Waals surface area (Å²) in [5.74, 6) is -2.17. The first-order valence-electron chi connectivity index (χ1n) is 11.6. The number of carboxylic acids is 2. The van der Waals surface area contributed by atoms with Gasteiger partial charge in [0.2, 0.25) is 0 Å². The number of carbonyl (C=O) groups is 2. The zero-order valence-electron chi connectivity index (χ0n) is 20.9. The molecule has 0 heterocycles. The summed E-state index contributed by atoms with van der Waals surface area (Å²) < 4.78 is 0. The molecular weight excluding hydrogens is 605 g/mol. The summed E-state index contributed by atoms with van der Waals surface area (Å²) in [4.78, 5) is 17.8. The van der Waals surface area contributed by atoms with Crippen molar-refractivity contribution in [3.63, 3.8) is 0 Å². The molecule has 0 saturated heterocycles. The Morgan fingerprint density at radius 2 is 0.842 bits per heavy atom. The Hall–Kier alpha value is -2.92. The molecule has 4 aromatic rings. The van der Waals surface area contributed by atoms with Crippen molar-refractivity contribution in [1.29, 1.82) is 0 Å². The van der Waals surface area contributed by atoms with Gasteiger partial charge in [-0.05, 0) is 18.5 Å². The van der Waals surface area contributed by atoms with Gasteiger partial charge in [-0.2, -0.15) is 6.42 Å². The number of hydrogen-bond acceptors (Lipinski definition) is 2. The topological polar surface area (TPSA) is 74.6 Å². The molecule has 38 heavy (non-hydrogen) atoms. The van der Waals surface area contributed by atoms with Crippen molar-refractivity contribution >= 4 is 49.0 Å². The average molecular weight is 636 g/mol. The van der Waals surface area contributed by atoms with E-state index in [1.54, 1.807) is 0 Å². The third kappa shape index (κ3) is 13.0. The number of hydrogen-bond donors (Lipinski definition) is 2. The van der Waals surface area contributed by atoms with Gasteiger partial charge in [0.15, 0.2) is 11.9 Å². The zero-order valence-corrected chi connectivity index (χ0v) is 24.2. The van der Waals surface area contributed by atoms with E-state index in [0.29, 0.717) is 0 Å². The molecule has 4 aromatic carbocycles. The summed E-state index contributed by atoms with van der Waals surface area (Å²) in [5.41, 5.74) is 0. The van der Waals surface area contributed by atoms with Gasteiger partial charge in [-0.1, -0.05) is 138 Å². The second kappa shape index (κ2) is 19.2. The minimum absolute atomic E-state index is 0. The van der Waals surface area contributed by atoms with E-state index in [0.717, 1.165) is 6.42 Å². The van der Waals surface area contributed by atoms with Crippen LogP contribution in [0.15, 0.2) is 121 Å². The maximum Gasteiger partial charge on any atom is 0.161 e. The minimum atomic E-state index is -1.08. The van der Waals surface area contributed by atoms with Gasteiger partial charge in [0.1, 0.15) is 0 Å². The van der Waals surface area contributed by atoms with Crippen molar-refractivity contribution in [3.8, 4) is 0 Å². The Balaban J connectivity index is 0.000000709. The molecule has 0 bridgehead atoms. The smallest absolute Gasteiger partial charge is 0.161 e. The standard InChI is InChI=1S/C27H25P2.2C2H3O2.Pd/c1-5-14-24(15-6-1)28(25-16-7-2-8-17-25)22-13-23-29(26-18-9-3-10-19-26)27-20-11-4-12-21-27;2*1-2(3)4;/h1-12,14-22H,13,23H2;2*1H2,(H,3,4);/q3*-1;. The summed E-state index contributed by atoms with van der Waals surface area (Å²) in [7, 11) is -0.774. The molecule has 0 fully saturated rings. The van der Waals surface area contributed by atoms with E-state index in [-0.39, 0.29) is 28.3 Å². The van der Waals surface area contributed by atoms with Gasteiger partial charge in [0, 0.05) is 20.4 Å². The maximum absolute atomic E-state index is 8.89. The van der Waals surface area contributed by atoms with Crippen LogP contribution in [-0.2, 0) is 30.0 Å². The van der Waals surface area contributed by atoms with E-state index in [9.17, 15) is 0 Å². The number of benzene rings is 4. The van der Waals surface area contributed by atoms with Crippen LogP contribution in [-0.4, -0.2) is 28.3 Å². The maximum atomic E-state index is 8.89.